The van der Waals surface area contributed by atoms with E-state index in [1.165, 1.54) is 0 Å². The fourth-order valence-corrected chi connectivity index (χ4v) is 3.21. The third kappa shape index (κ3) is 1.83. The number of halogens is 1. The molecular formula is C12H17BrN2O. The minimum absolute atomic E-state index is 0.126. The van der Waals surface area contributed by atoms with Crippen molar-refractivity contribution in [3.05, 3.63) is 16.4 Å². The number of carbonyl (C=O) groups is 1. The Labute approximate surface area is 104 Å². The topological polar surface area (TPSA) is 34.9 Å². The second kappa shape index (κ2) is 3.99. The van der Waals surface area contributed by atoms with Gasteiger partial charge in [0.1, 0.15) is 5.69 Å². The summed E-state index contributed by atoms with van der Waals surface area (Å²) in [6.45, 7) is 4.37. The number of hydrogen-bond donors (Lipinski definition) is 0. The summed E-state index contributed by atoms with van der Waals surface area (Å²) in [4.78, 5) is 12.5. The second-order valence-electron chi connectivity index (χ2n) is 5.26. The normalized spacial score (nSPS) is 23.6. The van der Waals surface area contributed by atoms with Gasteiger partial charge in [-0.1, -0.05) is 20.3 Å². The van der Waals surface area contributed by atoms with Crippen molar-refractivity contribution in [2.24, 2.45) is 18.4 Å². The van der Waals surface area contributed by atoms with Crippen molar-refractivity contribution >= 4 is 21.7 Å². The summed E-state index contributed by atoms with van der Waals surface area (Å²) in [6, 6.07) is 0. The van der Waals surface area contributed by atoms with Gasteiger partial charge in [0, 0.05) is 13.0 Å². The Morgan fingerprint density at radius 1 is 1.62 bits per heavy atom. The van der Waals surface area contributed by atoms with Crippen LogP contribution in [-0.4, -0.2) is 15.6 Å². The lowest BCUT2D eigenvalue weighted by atomic mass is 9.78. The maximum Gasteiger partial charge on any atom is 0.185 e. The first-order chi connectivity index (χ1) is 7.43. The van der Waals surface area contributed by atoms with E-state index in [4.69, 9.17) is 0 Å². The Hall–Kier alpha value is -0.640. The van der Waals surface area contributed by atoms with Crippen LogP contribution in [0.2, 0.25) is 0 Å². The van der Waals surface area contributed by atoms with E-state index in [1.54, 1.807) is 10.9 Å². The maximum absolute atomic E-state index is 12.5. The fourth-order valence-electron chi connectivity index (χ4n) is 2.67. The summed E-state index contributed by atoms with van der Waals surface area (Å²) < 4.78 is 2.48. The van der Waals surface area contributed by atoms with Gasteiger partial charge < -0.3 is 0 Å². The average Bonchev–Trinajstić information content (AvgIpc) is 2.69. The third-order valence-corrected chi connectivity index (χ3v) is 4.28. The van der Waals surface area contributed by atoms with E-state index in [2.05, 4.69) is 34.9 Å². The molecule has 0 spiro atoms. The van der Waals surface area contributed by atoms with Crippen LogP contribution in [-0.2, 0) is 7.05 Å². The van der Waals surface area contributed by atoms with E-state index >= 15 is 0 Å². The fraction of sp³-hybridized carbons (Fsp3) is 0.667. The van der Waals surface area contributed by atoms with Crippen LogP contribution in [0, 0.1) is 11.3 Å². The van der Waals surface area contributed by atoms with Crippen LogP contribution < -0.4 is 0 Å². The lowest BCUT2D eigenvalue weighted by Crippen LogP contribution is -2.27. The molecule has 0 bridgehead atoms. The van der Waals surface area contributed by atoms with Gasteiger partial charge in [-0.25, -0.2) is 0 Å². The number of carbonyl (C=O) groups excluding carboxylic acids is 1. The Balaban J connectivity index is 2.33. The van der Waals surface area contributed by atoms with Gasteiger partial charge in [0.15, 0.2) is 5.78 Å². The summed E-state index contributed by atoms with van der Waals surface area (Å²) in [5, 5.41) is 4.11. The molecule has 88 valence electrons. The van der Waals surface area contributed by atoms with Gasteiger partial charge in [0.25, 0.3) is 0 Å². The lowest BCUT2D eigenvalue weighted by Gasteiger charge is -2.25. The second-order valence-corrected chi connectivity index (χ2v) is 6.12. The van der Waals surface area contributed by atoms with Crippen LogP contribution in [0.5, 0.6) is 0 Å². The average molecular weight is 285 g/mol. The molecule has 2 rings (SSSR count). The van der Waals surface area contributed by atoms with Crippen LogP contribution in [0.15, 0.2) is 10.7 Å². The van der Waals surface area contributed by atoms with Crippen molar-refractivity contribution in [3.63, 3.8) is 0 Å². The molecule has 1 heterocycles. The van der Waals surface area contributed by atoms with Gasteiger partial charge in [-0.2, -0.15) is 5.10 Å². The molecule has 0 radical (unpaired) electrons. The Bertz CT molecular complexity index is 403. The molecule has 0 aliphatic heterocycles. The number of hydrogen-bond acceptors (Lipinski definition) is 2. The molecule has 1 atom stereocenters. The van der Waals surface area contributed by atoms with Gasteiger partial charge >= 0.3 is 0 Å². The first kappa shape index (κ1) is 11.8. The van der Waals surface area contributed by atoms with E-state index in [-0.39, 0.29) is 17.1 Å². The predicted molar refractivity (Wildman–Crippen MR) is 66.4 cm³/mol. The summed E-state index contributed by atoms with van der Waals surface area (Å²) in [5.74, 6) is 0.369. The molecule has 1 aromatic heterocycles. The number of aryl methyl sites for hydroxylation is 1. The SMILES string of the molecule is Cn1ncc(Br)c1C(=O)C1CCCC1(C)C. The van der Waals surface area contributed by atoms with Crippen molar-refractivity contribution < 1.29 is 4.79 Å². The van der Waals surface area contributed by atoms with Crippen LogP contribution >= 0.6 is 15.9 Å². The summed E-state index contributed by atoms with van der Waals surface area (Å²) in [6.07, 6.45) is 4.98. The zero-order chi connectivity index (χ0) is 11.9. The number of aromatic nitrogens is 2. The standard InChI is InChI=1S/C12H17BrN2O/c1-12(2)6-4-5-8(12)11(16)10-9(13)7-14-15(10)3/h7-8H,4-6H2,1-3H3. The molecule has 1 saturated carbocycles. The minimum atomic E-state index is 0.126. The van der Waals surface area contributed by atoms with Gasteiger partial charge in [-0.05, 0) is 34.2 Å². The molecular weight excluding hydrogens is 268 g/mol. The highest BCUT2D eigenvalue weighted by molar-refractivity contribution is 9.10. The molecule has 1 aromatic rings. The molecule has 0 aromatic carbocycles. The number of nitrogens with zero attached hydrogens (tertiary/aromatic N) is 2. The Morgan fingerprint density at radius 3 is 2.75 bits per heavy atom. The zero-order valence-corrected chi connectivity index (χ0v) is 11.5. The minimum Gasteiger partial charge on any atom is -0.292 e. The monoisotopic (exact) mass is 284 g/mol. The van der Waals surface area contributed by atoms with Crippen LogP contribution in [0.1, 0.15) is 43.6 Å². The molecule has 0 N–H and O–H groups in total. The van der Waals surface area contributed by atoms with E-state index in [9.17, 15) is 4.79 Å². The van der Waals surface area contributed by atoms with Crippen molar-refractivity contribution in [1.29, 1.82) is 0 Å². The summed E-state index contributed by atoms with van der Waals surface area (Å²) >= 11 is 3.40. The van der Waals surface area contributed by atoms with E-state index in [0.717, 1.165) is 23.7 Å². The maximum atomic E-state index is 12.5. The highest BCUT2D eigenvalue weighted by Crippen LogP contribution is 2.44. The van der Waals surface area contributed by atoms with E-state index in [0.29, 0.717) is 5.69 Å². The predicted octanol–water partition coefficient (Wildman–Crippen LogP) is 3.19. The first-order valence-electron chi connectivity index (χ1n) is 5.65. The number of Topliss-reactive ketones (excluding diaryl/α,β-unsaturated/α-hetero) is 1. The number of ketones is 1. The van der Waals surface area contributed by atoms with Crippen molar-refractivity contribution in [3.8, 4) is 0 Å². The van der Waals surface area contributed by atoms with Crippen LogP contribution in [0.3, 0.4) is 0 Å². The highest BCUT2D eigenvalue weighted by atomic mass is 79.9. The van der Waals surface area contributed by atoms with Crippen molar-refractivity contribution in [1.82, 2.24) is 9.78 Å². The number of rotatable bonds is 2. The van der Waals surface area contributed by atoms with Crippen LogP contribution in [0.4, 0.5) is 0 Å². The van der Waals surface area contributed by atoms with Crippen molar-refractivity contribution in [2.75, 3.05) is 0 Å². The molecule has 0 amide bonds. The molecule has 0 saturated heterocycles. The molecule has 3 nitrogen and oxygen atoms in total. The van der Waals surface area contributed by atoms with E-state index in [1.807, 2.05) is 7.05 Å². The van der Waals surface area contributed by atoms with Crippen molar-refractivity contribution in [2.45, 2.75) is 33.1 Å². The van der Waals surface area contributed by atoms with Gasteiger partial charge in [0.05, 0.1) is 10.7 Å². The van der Waals surface area contributed by atoms with Crippen LogP contribution in [0.25, 0.3) is 0 Å². The summed E-state index contributed by atoms with van der Waals surface area (Å²) in [7, 11) is 1.82. The Morgan fingerprint density at radius 2 is 2.31 bits per heavy atom. The Kier molecular flexibility index (Phi) is 2.95. The molecule has 4 heteroatoms. The highest BCUT2D eigenvalue weighted by Gasteiger charge is 2.40. The molecule has 1 aliphatic rings. The van der Waals surface area contributed by atoms with Gasteiger partial charge in [0.2, 0.25) is 0 Å². The van der Waals surface area contributed by atoms with Gasteiger partial charge in [-0.15, -0.1) is 0 Å². The molecule has 1 aliphatic carbocycles. The molecule has 1 fully saturated rings. The van der Waals surface area contributed by atoms with Gasteiger partial charge in [-0.3, -0.25) is 9.48 Å². The third-order valence-electron chi connectivity index (χ3n) is 3.70. The zero-order valence-electron chi connectivity index (χ0n) is 9.96. The van der Waals surface area contributed by atoms with E-state index < -0.39 is 0 Å². The molecule has 16 heavy (non-hydrogen) atoms. The smallest absolute Gasteiger partial charge is 0.185 e. The lowest BCUT2D eigenvalue weighted by molar-refractivity contribution is 0.0828. The quantitative estimate of drug-likeness (QED) is 0.782. The first-order valence-corrected chi connectivity index (χ1v) is 6.44. The summed E-state index contributed by atoms with van der Waals surface area (Å²) in [5.41, 5.74) is 0.834. The largest absolute Gasteiger partial charge is 0.292 e. The molecule has 1 unspecified atom stereocenters.